The van der Waals surface area contributed by atoms with E-state index in [0.29, 0.717) is 10.7 Å². The van der Waals surface area contributed by atoms with E-state index in [0.717, 1.165) is 12.1 Å². The largest absolute Gasteiger partial charge is 0.488 e. The predicted molar refractivity (Wildman–Crippen MR) is 75.6 cm³/mol. The van der Waals surface area contributed by atoms with Gasteiger partial charge in [0.15, 0.2) is 0 Å². The van der Waals surface area contributed by atoms with Gasteiger partial charge in [-0.1, -0.05) is 11.6 Å². The first-order valence-electron chi connectivity index (χ1n) is 5.69. The van der Waals surface area contributed by atoms with Crippen molar-refractivity contribution in [3.63, 3.8) is 0 Å². The van der Waals surface area contributed by atoms with E-state index < -0.39 is 18.8 Å². The van der Waals surface area contributed by atoms with E-state index in [-0.39, 0.29) is 11.0 Å². The molecule has 0 aromatic heterocycles. The number of carbonyl (C=O) groups excluding carboxylic acids is 1. The maximum Gasteiger partial charge on any atom is 0.488 e. The van der Waals surface area contributed by atoms with Gasteiger partial charge in [-0.15, -0.1) is 0 Å². The molecule has 2 aromatic rings. The molecule has 4 nitrogen and oxygen atoms in total. The van der Waals surface area contributed by atoms with E-state index in [1.807, 2.05) is 0 Å². The summed E-state index contributed by atoms with van der Waals surface area (Å²) >= 11 is 5.72. The normalized spacial score (nSPS) is 10.2. The molecule has 0 saturated carbocycles. The molecule has 0 aliphatic rings. The summed E-state index contributed by atoms with van der Waals surface area (Å²) in [5, 5.41) is 21.1. The van der Waals surface area contributed by atoms with E-state index in [1.54, 1.807) is 24.3 Å². The van der Waals surface area contributed by atoms with Crippen molar-refractivity contribution in [2.75, 3.05) is 5.32 Å². The Labute approximate surface area is 120 Å². The van der Waals surface area contributed by atoms with Crippen LogP contribution in [0.3, 0.4) is 0 Å². The van der Waals surface area contributed by atoms with Crippen molar-refractivity contribution >= 4 is 35.8 Å². The third-order valence-corrected chi connectivity index (χ3v) is 2.83. The minimum absolute atomic E-state index is 0.0111. The summed E-state index contributed by atoms with van der Waals surface area (Å²) < 4.78 is 13.3. The zero-order valence-electron chi connectivity index (χ0n) is 10.2. The minimum Gasteiger partial charge on any atom is -0.423 e. The number of hydrogen-bond acceptors (Lipinski definition) is 3. The van der Waals surface area contributed by atoms with Crippen molar-refractivity contribution in [1.29, 1.82) is 0 Å². The van der Waals surface area contributed by atoms with Gasteiger partial charge in [-0.3, -0.25) is 4.79 Å². The van der Waals surface area contributed by atoms with Crippen LogP contribution in [0.25, 0.3) is 0 Å². The number of rotatable bonds is 3. The van der Waals surface area contributed by atoms with Crippen molar-refractivity contribution in [3.05, 3.63) is 58.9 Å². The van der Waals surface area contributed by atoms with E-state index >= 15 is 0 Å². The average Bonchev–Trinajstić information content (AvgIpc) is 2.40. The van der Waals surface area contributed by atoms with Crippen LogP contribution >= 0.6 is 11.6 Å². The van der Waals surface area contributed by atoms with Crippen LogP contribution in [0.15, 0.2) is 42.5 Å². The van der Waals surface area contributed by atoms with Crippen molar-refractivity contribution in [3.8, 4) is 0 Å². The number of nitrogens with one attached hydrogen (secondary N) is 1. The Morgan fingerprint density at radius 1 is 1.15 bits per heavy atom. The maximum atomic E-state index is 13.3. The molecule has 20 heavy (non-hydrogen) atoms. The third-order valence-electron chi connectivity index (χ3n) is 2.58. The molecule has 7 heteroatoms. The Kier molecular flexibility index (Phi) is 4.39. The first-order chi connectivity index (χ1) is 9.45. The molecule has 0 heterocycles. The van der Waals surface area contributed by atoms with Crippen LogP contribution in [0.4, 0.5) is 10.1 Å². The van der Waals surface area contributed by atoms with Gasteiger partial charge in [-0.05, 0) is 47.9 Å². The summed E-state index contributed by atoms with van der Waals surface area (Å²) in [6.45, 7) is 0. The summed E-state index contributed by atoms with van der Waals surface area (Å²) in [5.74, 6) is -1.29. The number of carbonyl (C=O) groups is 1. The molecule has 1 amide bonds. The summed E-state index contributed by atoms with van der Waals surface area (Å²) in [7, 11) is -1.84. The lowest BCUT2D eigenvalue weighted by atomic mass is 9.79. The molecule has 0 bridgehead atoms. The smallest absolute Gasteiger partial charge is 0.423 e. The van der Waals surface area contributed by atoms with Crippen LogP contribution in [-0.4, -0.2) is 23.1 Å². The average molecular weight is 293 g/mol. The summed E-state index contributed by atoms with van der Waals surface area (Å²) in [5.41, 5.74) is 0.393. The molecular weight excluding hydrogens is 283 g/mol. The van der Waals surface area contributed by atoms with Crippen LogP contribution in [-0.2, 0) is 0 Å². The second-order valence-electron chi connectivity index (χ2n) is 4.11. The molecule has 0 saturated heterocycles. The Morgan fingerprint density at radius 3 is 2.40 bits per heavy atom. The van der Waals surface area contributed by atoms with Gasteiger partial charge in [0.25, 0.3) is 5.91 Å². The standard InChI is InChI=1S/C13H10BClFNO3/c15-10-1-3-12(4-2-10)17-13(18)8-5-9(14(19)20)7-11(16)6-8/h1-7,19-20H,(H,17,18). The Bertz CT molecular complexity index is 634. The molecule has 0 unspecified atom stereocenters. The lowest BCUT2D eigenvalue weighted by Crippen LogP contribution is -2.31. The zero-order valence-corrected chi connectivity index (χ0v) is 10.9. The van der Waals surface area contributed by atoms with Crippen molar-refractivity contribution < 1.29 is 19.2 Å². The summed E-state index contributed by atoms with van der Waals surface area (Å²) in [4.78, 5) is 12.0. The Hall–Kier alpha value is -1.89. The van der Waals surface area contributed by atoms with Gasteiger partial charge in [-0.2, -0.15) is 0 Å². The van der Waals surface area contributed by atoms with Gasteiger partial charge in [0.1, 0.15) is 5.82 Å². The maximum absolute atomic E-state index is 13.3. The highest BCUT2D eigenvalue weighted by Crippen LogP contribution is 2.14. The van der Waals surface area contributed by atoms with Crippen LogP contribution in [0.1, 0.15) is 10.4 Å². The highest BCUT2D eigenvalue weighted by Gasteiger charge is 2.16. The molecule has 0 fully saturated rings. The van der Waals surface area contributed by atoms with E-state index in [9.17, 15) is 9.18 Å². The number of anilines is 1. The molecule has 102 valence electrons. The first-order valence-corrected chi connectivity index (χ1v) is 6.07. The van der Waals surface area contributed by atoms with Crippen molar-refractivity contribution in [1.82, 2.24) is 0 Å². The first kappa shape index (κ1) is 14.5. The molecule has 2 rings (SSSR count). The fraction of sp³-hybridized carbons (Fsp3) is 0. The van der Waals surface area contributed by atoms with Gasteiger partial charge in [0.05, 0.1) is 0 Å². The molecular formula is C13H10BClFNO3. The highest BCUT2D eigenvalue weighted by molar-refractivity contribution is 6.58. The lowest BCUT2D eigenvalue weighted by Gasteiger charge is -2.07. The molecule has 2 aromatic carbocycles. The predicted octanol–water partition coefficient (Wildman–Crippen LogP) is 1.41. The zero-order chi connectivity index (χ0) is 14.7. The van der Waals surface area contributed by atoms with Crippen LogP contribution in [0.2, 0.25) is 5.02 Å². The topological polar surface area (TPSA) is 69.6 Å². The van der Waals surface area contributed by atoms with Crippen LogP contribution in [0, 0.1) is 5.82 Å². The second kappa shape index (κ2) is 6.05. The van der Waals surface area contributed by atoms with Gasteiger partial charge < -0.3 is 15.4 Å². The van der Waals surface area contributed by atoms with E-state index in [1.165, 1.54) is 6.07 Å². The van der Waals surface area contributed by atoms with Crippen LogP contribution in [0.5, 0.6) is 0 Å². The number of halogens is 2. The molecule has 0 aliphatic heterocycles. The number of benzene rings is 2. The monoisotopic (exact) mass is 293 g/mol. The summed E-state index contributed by atoms with van der Waals surface area (Å²) in [6, 6.07) is 9.57. The quantitative estimate of drug-likeness (QED) is 0.750. The lowest BCUT2D eigenvalue weighted by molar-refractivity contribution is 0.102. The number of amides is 1. The third kappa shape index (κ3) is 3.57. The van der Waals surface area contributed by atoms with Crippen molar-refractivity contribution in [2.24, 2.45) is 0 Å². The molecule has 3 N–H and O–H groups in total. The second-order valence-corrected chi connectivity index (χ2v) is 4.54. The SMILES string of the molecule is O=C(Nc1ccc(Cl)cc1)c1cc(F)cc(B(O)O)c1. The Balaban J connectivity index is 2.22. The van der Waals surface area contributed by atoms with Crippen LogP contribution < -0.4 is 10.8 Å². The van der Waals surface area contributed by atoms with Gasteiger partial charge >= 0.3 is 7.12 Å². The Morgan fingerprint density at radius 2 is 1.80 bits per heavy atom. The minimum atomic E-state index is -1.84. The highest BCUT2D eigenvalue weighted by atomic mass is 35.5. The molecule has 0 spiro atoms. The van der Waals surface area contributed by atoms with Gasteiger partial charge in [-0.25, -0.2) is 4.39 Å². The number of hydrogen-bond donors (Lipinski definition) is 3. The fourth-order valence-electron chi connectivity index (χ4n) is 1.63. The van der Waals surface area contributed by atoms with Gasteiger partial charge in [0.2, 0.25) is 0 Å². The van der Waals surface area contributed by atoms with Gasteiger partial charge in [0, 0.05) is 16.3 Å². The van der Waals surface area contributed by atoms with Crippen molar-refractivity contribution in [2.45, 2.75) is 0 Å². The fourth-order valence-corrected chi connectivity index (χ4v) is 1.75. The van der Waals surface area contributed by atoms with E-state index in [2.05, 4.69) is 5.32 Å². The molecule has 0 aliphatic carbocycles. The molecule has 0 atom stereocenters. The molecule has 0 radical (unpaired) electrons. The summed E-state index contributed by atoms with van der Waals surface area (Å²) in [6.07, 6.45) is 0. The van der Waals surface area contributed by atoms with E-state index in [4.69, 9.17) is 21.6 Å².